The zero-order valence-electron chi connectivity index (χ0n) is 21.1. The van der Waals surface area contributed by atoms with E-state index < -0.39 is 10.8 Å². The van der Waals surface area contributed by atoms with E-state index in [4.69, 9.17) is 16.0 Å². The minimum atomic E-state index is -0.661. The summed E-state index contributed by atoms with van der Waals surface area (Å²) in [5.74, 6) is -0.303. The van der Waals surface area contributed by atoms with E-state index in [-0.39, 0.29) is 33.8 Å². The van der Waals surface area contributed by atoms with Gasteiger partial charge in [0, 0.05) is 55.4 Å². The fourth-order valence-corrected chi connectivity index (χ4v) is 5.15. The second-order valence-corrected chi connectivity index (χ2v) is 9.77. The summed E-state index contributed by atoms with van der Waals surface area (Å²) in [5, 5.41) is 15.4. The van der Waals surface area contributed by atoms with Gasteiger partial charge in [0.1, 0.15) is 16.6 Å². The van der Waals surface area contributed by atoms with Gasteiger partial charge in [-0.15, -0.1) is 0 Å². The lowest BCUT2D eigenvalue weighted by Crippen LogP contribution is -2.49. The molecule has 1 saturated heterocycles. The van der Waals surface area contributed by atoms with Gasteiger partial charge in [0.2, 0.25) is 0 Å². The van der Waals surface area contributed by atoms with Gasteiger partial charge in [-0.2, -0.15) is 5.10 Å². The van der Waals surface area contributed by atoms with Crippen molar-refractivity contribution in [3.63, 3.8) is 0 Å². The molecule has 10 nitrogen and oxygen atoms in total. The number of para-hydroxylation sites is 1. The number of piperazine rings is 1. The molecule has 1 aliphatic carbocycles. The van der Waals surface area contributed by atoms with Crippen molar-refractivity contribution >= 4 is 40.5 Å². The summed E-state index contributed by atoms with van der Waals surface area (Å²) in [6, 6.07) is 10.3. The van der Waals surface area contributed by atoms with Crippen LogP contribution >= 0.6 is 11.6 Å². The highest BCUT2D eigenvalue weighted by atomic mass is 35.5. The monoisotopic (exact) mass is 553 g/mol. The minimum absolute atomic E-state index is 0.0424. The molecule has 1 fully saturated rings. The number of nitro groups is 1. The van der Waals surface area contributed by atoms with Crippen LogP contribution in [0.2, 0.25) is 5.02 Å². The molecule has 1 aliphatic heterocycles. The standard InChI is InChI=1S/C27H25ClFN5O5/c1-16-24-20(30-31-26(35)17-9-10-18(28)22(15-17)34(37)38)6-4-8-23(24)39-25(16)27(36)33-13-11-32(12-14-33)21-7-3-2-5-19(21)29/h2-3,5,7,9-10,15H,4,6,8,11-14H2,1H3,(H,31,35)/b30-20+. The molecule has 39 heavy (non-hydrogen) atoms. The maximum absolute atomic E-state index is 14.2. The topological polar surface area (TPSA) is 121 Å². The van der Waals surface area contributed by atoms with E-state index in [0.717, 1.165) is 12.5 Å². The first kappa shape index (κ1) is 26.4. The maximum atomic E-state index is 14.2. The van der Waals surface area contributed by atoms with Crippen molar-refractivity contribution in [1.29, 1.82) is 0 Å². The molecular formula is C27H25ClFN5O5. The zero-order valence-corrected chi connectivity index (χ0v) is 21.8. The molecule has 2 aromatic carbocycles. The molecular weight excluding hydrogens is 529 g/mol. The first-order valence-electron chi connectivity index (χ1n) is 12.5. The highest BCUT2D eigenvalue weighted by Crippen LogP contribution is 2.31. The third-order valence-electron chi connectivity index (χ3n) is 6.98. The van der Waals surface area contributed by atoms with Crippen molar-refractivity contribution in [3.05, 3.63) is 91.6 Å². The zero-order chi connectivity index (χ0) is 27.7. The van der Waals surface area contributed by atoms with Crippen LogP contribution in [0, 0.1) is 22.9 Å². The average molecular weight is 554 g/mol. The number of nitrogens with zero attached hydrogens (tertiary/aromatic N) is 4. The molecule has 2 heterocycles. The summed E-state index contributed by atoms with van der Waals surface area (Å²) >= 11 is 5.83. The molecule has 0 atom stereocenters. The Morgan fingerprint density at radius 3 is 2.59 bits per heavy atom. The molecule has 0 spiro atoms. The van der Waals surface area contributed by atoms with E-state index in [1.807, 2.05) is 4.90 Å². The second kappa shape index (κ2) is 10.9. The van der Waals surface area contributed by atoms with E-state index in [1.54, 1.807) is 30.0 Å². The van der Waals surface area contributed by atoms with Crippen LogP contribution in [0.4, 0.5) is 15.8 Å². The van der Waals surface area contributed by atoms with Crippen molar-refractivity contribution in [2.24, 2.45) is 5.10 Å². The van der Waals surface area contributed by atoms with Crippen LogP contribution in [-0.4, -0.2) is 53.5 Å². The molecule has 2 amide bonds. The molecule has 5 rings (SSSR count). The molecule has 0 saturated carbocycles. The quantitative estimate of drug-likeness (QED) is 0.360. The number of carbonyl (C=O) groups is 2. The number of nitrogens with one attached hydrogen (secondary N) is 1. The van der Waals surface area contributed by atoms with Gasteiger partial charge in [0.05, 0.1) is 16.3 Å². The third kappa shape index (κ3) is 5.22. The number of aryl methyl sites for hydroxylation is 1. The van der Waals surface area contributed by atoms with Crippen molar-refractivity contribution in [2.75, 3.05) is 31.1 Å². The molecule has 2 aliphatic rings. The Labute approximate surface area is 228 Å². The van der Waals surface area contributed by atoms with Crippen LogP contribution in [0.1, 0.15) is 50.6 Å². The lowest BCUT2D eigenvalue weighted by atomic mass is 9.93. The number of carbonyl (C=O) groups excluding carboxylic acids is 2. The number of benzene rings is 2. The molecule has 0 radical (unpaired) electrons. The summed E-state index contributed by atoms with van der Waals surface area (Å²) in [6.07, 6.45) is 1.90. The molecule has 12 heteroatoms. The van der Waals surface area contributed by atoms with Crippen LogP contribution in [0.15, 0.2) is 52.0 Å². The van der Waals surface area contributed by atoms with Crippen LogP contribution in [0.5, 0.6) is 0 Å². The number of furan rings is 1. The Balaban J connectivity index is 1.31. The van der Waals surface area contributed by atoms with Gasteiger partial charge in [-0.1, -0.05) is 23.7 Å². The van der Waals surface area contributed by atoms with Crippen LogP contribution < -0.4 is 10.3 Å². The average Bonchev–Trinajstić information content (AvgIpc) is 3.28. The molecule has 0 unspecified atom stereocenters. The molecule has 0 bridgehead atoms. The lowest BCUT2D eigenvalue weighted by molar-refractivity contribution is -0.384. The number of amides is 2. The van der Waals surface area contributed by atoms with Gasteiger partial charge in [-0.3, -0.25) is 19.7 Å². The Morgan fingerprint density at radius 2 is 1.87 bits per heavy atom. The van der Waals surface area contributed by atoms with Crippen molar-refractivity contribution in [2.45, 2.75) is 26.2 Å². The second-order valence-electron chi connectivity index (χ2n) is 9.36. The van der Waals surface area contributed by atoms with Crippen molar-refractivity contribution in [3.8, 4) is 0 Å². The van der Waals surface area contributed by atoms with Crippen LogP contribution in [0.25, 0.3) is 0 Å². The highest BCUT2D eigenvalue weighted by molar-refractivity contribution is 6.32. The number of anilines is 1. The minimum Gasteiger partial charge on any atom is -0.455 e. The molecule has 1 N–H and O–H groups in total. The number of hydrazone groups is 1. The lowest BCUT2D eigenvalue weighted by Gasteiger charge is -2.35. The van der Waals surface area contributed by atoms with Gasteiger partial charge in [0.25, 0.3) is 17.5 Å². The van der Waals surface area contributed by atoms with Gasteiger partial charge >= 0.3 is 0 Å². The number of hydrogen-bond donors (Lipinski definition) is 1. The first-order valence-corrected chi connectivity index (χ1v) is 12.8. The van der Waals surface area contributed by atoms with E-state index in [1.165, 1.54) is 18.2 Å². The van der Waals surface area contributed by atoms with E-state index in [0.29, 0.717) is 67.3 Å². The summed E-state index contributed by atoms with van der Waals surface area (Å²) < 4.78 is 20.2. The van der Waals surface area contributed by atoms with Gasteiger partial charge in [0.15, 0.2) is 5.76 Å². The van der Waals surface area contributed by atoms with E-state index in [2.05, 4.69) is 10.5 Å². The number of nitro benzene ring substituents is 1. The normalized spacial score (nSPS) is 16.2. The Morgan fingerprint density at radius 1 is 1.13 bits per heavy atom. The van der Waals surface area contributed by atoms with Crippen molar-refractivity contribution in [1.82, 2.24) is 10.3 Å². The van der Waals surface area contributed by atoms with Crippen LogP contribution in [-0.2, 0) is 6.42 Å². The predicted octanol–water partition coefficient (Wildman–Crippen LogP) is 4.72. The van der Waals surface area contributed by atoms with Crippen LogP contribution in [0.3, 0.4) is 0 Å². The Hall–Kier alpha value is -4.25. The maximum Gasteiger partial charge on any atom is 0.289 e. The fraction of sp³-hybridized carbons (Fsp3) is 0.296. The third-order valence-corrected chi connectivity index (χ3v) is 7.30. The highest BCUT2D eigenvalue weighted by Gasteiger charge is 2.32. The fourth-order valence-electron chi connectivity index (χ4n) is 4.96. The van der Waals surface area contributed by atoms with Gasteiger partial charge in [-0.25, -0.2) is 9.82 Å². The smallest absolute Gasteiger partial charge is 0.289 e. The first-order chi connectivity index (χ1) is 18.7. The SMILES string of the molecule is Cc1c(C(=O)N2CCN(c3ccccc3F)CC2)oc2c1/C(=N/NC(=O)c1ccc(Cl)c([N+](=O)[O-])c1)CCC2. The van der Waals surface area contributed by atoms with Gasteiger partial charge in [-0.05, 0) is 44.0 Å². The van der Waals surface area contributed by atoms with E-state index in [9.17, 15) is 24.1 Å². The molecule has 1 aromatic heterocycles. The number of rotatable bonds is 5. The van der Waals surface area contributed by atoms with Gasteiger partial charge < -0.3 is 14.2 Å². The molecule has 202 valence electrons. The molecule has 3 aromatic rings. The van der Waals surface area contributed by atoms with E-state index >= 15 is 0 Å². The summed E-state index contributed by atoms with van der Waals surface area (Å²) in [4.78, 5) is 40.1. The summed E-state index contributed by atoms with van der Waals surface area (Å²) in [5.41, 5.74) is 4.55. The number of hydrogen-bond acceptors (Lipinski definition) is 7. The summed E-state index contributed by atoms with van der Waals surface area (Å²) in [6.45, 7) is 3.61. The Kier molecular flexibility index (Phi) is 7.34. The predicted molar refractivity (Wildman–Crippen MR) is 143 cm³/mol. The number of fused-ring (bicyclic) bond motifs is 1. The summed E-state index contributed by atoms with van der Waals surface area (Å²) in [7, 11) is 0. The Bertz CT molecular complexity index is 1500. The van der Waals surface area contributed by atoms with Crippen molar-refractivity contribution < 1.29 is 23.3 Å². The largest absolute Gasteiger partial charge is 0.455 e. The number of halogens is 2.